The van der Waals surface area contributed by atoms with Crippen LogP contribution in [-0.4, -0.2) is 6.61 Å². The molecule has 0 radical (unpaired) electrons. The fraction of sp³-hybridized carbons (Fsp3) is 0.680. The maximum absolute atomic E-state index is 13.3. The van der Waals surface area contributed by atoms with Crippen LogP contribution in [0, 0.1) is 35.3 Å². The highest BCUT2D eigenvalue weighted by Crippen LogP contribution is 2.42. The number of ether oxygens (including phenoxy) is 1. The molecule has 0 unspecified atom stereocenters. The SMILES string of the molecule is CC=CCCCC1CCC(C2CCC(COc3ccc(F)c(F)c3)CC2)CC1. The Kier molecular flexibility index (Phi) is 8.36. The average Bonchev–Trinajstić information content (AvgIpc) is 2.73. The molecule has 0 spiro atoms. The van der Waals surface area contributed by atoms with Crippen molar-refractivity contribution in [1.82, 2.24) is 0 Å². The molecular formula is C25H36F2O. The summed E-state index contributed by atoms with van der Waals surface area (Å²) in [6.07, 6.45) is 19.2. The van der Waals surface area contributed by atoms with Gasteiger partial charge in [0.15, 0.2) is 11.6 Å². The summed E-state index contributed by atoms with van der Waals surface area (Å²) in [6.45, 7) is 2.73. The molecule has 0 N–H and O–H groups in total. The second kappa shape index (κ2) is 11.0. The number of benzene rings is 1. The number of halogens is 2. The average molecular weight is 391 g/mol. The Morgan fingerprint density at radius 1 is 0.893 bits per heavy atom. The van der Waals surface area contributed by atoms with E-state index in [1.165, 1.54) is 76.7 Å². The Hall–Kier alpha value is -1.38. The van der Waals surface area contributed by atoms with Gasteiger partial charge in [-0.15, -0.1) is 0 Å². The van der Waals surface area contributed by atoms with Crippen LogP contribution in [-0.2, 0) is 0 Å². The summed E-state index contributed by atoms with van der Waals surface area (Å²) in [5, 5.41) is 0. The van der Waals surface area contributed by atoms with Crippen LogP contribution in [0.5, 0.6) is 5.75 Å². The molecule has 156 valence electrons. The second-order valence-electron chi connectivity index (χ2n) is 8.95. The third-order valence-electron chi connectivity index (χ3n) is 7.05. The van der Waals surface area contributed by atoms with Crippen LogP contribution in [0.3, 0.4) is 0 Å². The lowest BCUT2D eigenvalue weighted by molar-refractivity contribution is 0.121. The minimum absolute atomic E-state index is 0.439. The number of hydrogen-bond acceptors (Lipinski definition) is 1. The van der Waals surface area contributed by atoms with Gasteiger partial charge in [0.2, 0.25) is 0 Å². The fourth-order valence-electron chi connectivity index (χ4n) is 5.25. The van der Waals surface area contributed by atoms with Crippen LogP contribution in [0.2, 0.25) is 0 Å². The third-order valence-corrected chi connectivity index (χ3v) is 7.05. The van der Waals surface area contributed by atoms with Crippen LogP contribution in [0.25, 0.3) is 0 Å². The summed E-state index contributed by atoms with van der Waals surface area (Å²) in [7, 11) is 0. The lowest BCUT2D eigenvalue weighted by Crippen LogP contribution is -2.27. The van der Waals surface area contributed by atoms with Crippen molar-refractivity contribution in [1.29, 1.82) is 0 Å². The molecule has 0 aliphatic heterocycles. The first-order chi connectivity index (χ1) is 13.7. The molecule has 0 amide bonds. The van der Waals surface area contributed by atoms with E-state index in [0.29, 0.717) is 18.3 Å². The van der Waals surface area contributed by atoms with E-state index >= 15 is 0 Å². The Bertz CT molecular complexity index is 611. The van der Waals surface area contributed by atoms with Crippen molar-refractivity contribution in [3.05, 3.63) is 42.0 Å². The van der Waals surface area contributed by atoms with Gasteiger partial charge in [0.1, 0.15) is 5.75 Å². The Morgan fingerprint density at radius 3 is 2.14 bits per heavy atom. The molecule has 1 nitrogen and oxygen atoms in total. The van der Waals surface area contributed by atoms with Gasteiger partial charge in [-0.3, -0.25) is 0 Å². The lowest BCUT2D eigenvalue weighted by Gasteiger charge is -2.38. The highest BCUT2D eigenvalue weighted by molar-refractivity contribution is 5.23. The molecule has 2 aliphatic carbocycles. The van der Waals surface area contributed by atoms with Gasteiger partial charge in [0.25, 0.3) is 0 Å². The molecule has 1 aromatic carbocycles. The zero-order valence-electron chi connectivity index (χ0n) is 17.3. The zero-order chi connectivity index (χ0) is 19.8. The molecule has 0 saturated heterocycles. The number of hydrogen-bond donors (Lipinski definition) is 0. The largest absolute Gasteiger partial charge is 0.493 e. The van der Waals surface area contributed by atoms with Gasteiger partial charge in [0, 0.05) is 6.07 Å². The predicted octanol–water partition coefficient (Wildman–Crippen LogP) is 7.70. The van der Waals surface area contributed by atoms with Gasteiger partial charge in [-0.2, -0.15) is 0 Å². The number of allylic oxidation sites excluding steroid dienone is 2. The van der Waals surface area contributed by atoms with Crippen molar-refractivity contribution in [3.63, 3.8) is 0 Å². The first-order valence-corrected chi connectivity index (χ1v) is 11.3. The molecule has 0 bridgehead atoms. The second-order valence-corrected chi connectivity index (χ2v) is 8.95. The van der Waals surface area contributed by atoms with Gasteiger partial charge in [-0.1, -0.05) is 31.4 Å². The molecule has 0 heterocycles. The van der Waals surface area contributed by atoms with Crippen molar-refractivity contribution in [2.45, 2.75) is 77.6 Å². The summed E-state index contributed by atoms with van der Waals surface area (Å²) < 4.78 is 32.0. The van der Waals surface area contributed by atoms with Crippen LogP contribution >= 0.6 is 0 Å². The van der Waals surface area contributed by atoms with E-state index in [1.807, 2.05) is 0 Å². The number of rotatable bonds is 8. The summed E-state index contributed by atoms with van der Waals surface area (Å²) in [4.78, 5) is 0. The Labute approximate surface area is 169 Å². The molecule has 2 saturated carbocycles. The van der Waals surface area contributed by atoms with Gasteiger partial charge in [-0.25, -0.2) is 8.78 Å². The van der Waals surface area contributed by atoms with Crippen molar-refractivity contribution in [2.24, 2.45) is 23.7 Å². The van der Waals surface area contributed by atoms with Crippen molar-refractivity contribution in [3.8, 4) is 5.75 Å². The zero-order valence-corrected chi connectivity index (χ0v) is 17.3. The highest BCUT2D eigenvalue weighted by Gasteiger charge is 2.30. The minimum atomic E-state index is -0.835. The van der Waals surface area contributed by atoms with Crippen LogP contribution in [0.1, 0.15) is 77.6 Å². The molecule has 1 aromatic rings. The van der Waals surface area contributed by atoms with E-state index in [9.17, 15) is 8.78 Å². The molecule has 28 heavy (non-hydrogen) atoms. The normalized spacial score (nSPS) is 28.5. The van der Waals surface area contributed by atoms with E-state index in [4.69, 9.17) is 4.74 Å². The topological polar surface area (TPSA) is 9.23 Å². The lowest BCUT2D eigenvalue weighted by atomic mass is 9.69. The molecule has 3 heteroatoms. The van der Waals surface area contributed by atoms with Gasteiger partial charge >= 0.3 is 0 Å². The predicted molar refractivity (Wildman–Crippen MR) is 111 cm³/mol. The summed E-state index contributed by atoms with van der Waals surface area (Å²) in [6, 6.07) is 3.80. The van der Waals surface area contributed by atoms with Gasteiger partial charge in [-0.05, 0) is 94.1 Å². The smallest absolute Gasteiger partial charge is 0.162 e. The fourth-order valence-corrected chi connectivity index (χ4v) is 5.25. The van der Waals surface area contributed by atoms with E-state index in [0.717, 1.165) is 29.9 Å². The van der Waals surface area contributed by atoms with E-state index in [2.05, 4.69) is 19.1 Å². The maximum atomic E-state index is 13.3. The van der Waals surface area contributed by atoms with E-state index < -0.39 is 11.6 Å². The monoisotopic (exact) mass is 390 g/mol. The summed E-state index contributed by atoms with van der Waals surface area (Å²) >= 11 is 0. The Balaban J connectivity index is 1.32. The number of unbranched alkanes of at least 4 members (excludes halogenated alkanes) is 1. The van der Waals surface area contributed by atoms with Crippen LogP contribution in [0.15, 0.2) is 30.4 Å². The first kappa shape index (κ1) is 21.3. The Morgan fingerprint density at radius 2 is 1.54 bits per heavy atom. The van der Waals surface area contributed by atoms with Gasteiger partial charge < -0.3 is 4.74 Å². The van der Waals surface area contributed by atoms with E-state index in [-0.39, 0.29) is 0 Å². The van der Waals surface area contributed by atoms with Crippen LogP contribution in [0.4, 0.5) is 8.78 Å². The molecule has 0 aromatic heterocycles. The first-order valence-electron chi connectivity index (χ1n) is 11.3. The third kappa shape index (κ3) is 6.32. The molecule has 2 aliphatic rings. The highest BCUT2D eigenvalue weighted by atomic mass is 19.2. The van der Waals surface area contributed by atoms with Crippen molar-refractivity contribution >= 4 is 0 Å². The molecule has 3 rings (SSSR count). The molecule has 2 fully saturated rings. The molecular weight excluding hydrogens is 354 g/mol. The minimum Gasteiger partial charge on any atom is -0.493 e. The van der Waals surface area contributed by atoms with E-state index in [1.54, 1.807) is 0 Å². The quantitative estimate of drug-likeness (QED) is 0.326. The van der Waals surface area contributed by atoms with Crippen LogP contribution < -0.4 is 4.74 Å². The maximum Gasteiger partial charge on any atom is 0.162 e. The molecule has 0 atom stereocenters. The van der Waals surface area contributed by atoms with Crippen molar-refractivity contribution < 1.29 is 13.5 Å². The summed E-state index contributed by atoms with van der Waals surface area (Å²) in [5.74, 6) is 2.12. The van der Waals surface area contributed by atoms with Gasteiger partial charge in [0.05, 0.1) is 6.61 Å². The standard InChI is InChI=1S/C25H36F2O/c1-2-3-4-5-6-19-7-11-21(12-8-19)22-13-9-20(10-14-22)18-28-23-15-16-24(26)25(27)17-23/h2-3,15-17,19-22H,4-14,18H2,1H3. The summed E-state index contributed by atoms with van der Waals surface area (Å²) in [5.41, 5.74) is 0. The van der Waals surface area contributed by atoms with Crippen molar-refractivity contribution in [2.75, 3.05) is 6.61 Å².